The van der Waals surface area contributed by atoms with Crippen LogP contribution in [0.4, 0.5) is 0 Å². The number of fused-ring (bicyclic) bond motifs is 1. The van der Waals surface area contributed by atoms with Crippen molar-refractivity contribution in [2.24, 2.45) is 11.8 Å². The second-order valence-corrected chi connectivity index (χ2v) is 8.73. The monoisotopic (exact) mass is 367 g/mol. The van der Waals surface area contributed by atoms with Gasteiger partial charge in [-0.1, -0.05) is 68.2 Å². The molecule has 2 nitrogen and oxygen atoms in total. The van der Waals surface area contributed by atoms with Crippen molar-refractivity contribution in [3.05, 3.63) is 48.0 Å². The van der Waals surface area contributed by atoms with Gasteiger partial charge < -0.3 is 4.90 Å². The van der Waals surface area contributed by atoms with Gasteiger partial charge in [0.2, 0.25) is 5.91 Å². The van der Waals surface area contributed by atoms with Crippen molar-refractivity contribution in [2.45, 2.75) is 77.0 Å². The van der Waals surface area contributed by atoms with Gasteiger partial charge in [-0.2, -0.15) is 0 Å². The average molecular weight is 368 g/mol. The summed E-state index contributed by atoms with van der Waals surface area (Å²) in [6.07, 6.45) is 14.2. The van der Waals surface area contributed by atoms with Gasteiger partial charge in [0.05, 0.1) is 0 Å². The Kier molecular flexibility index (Phi) is 7.98. The van der Waals surface area contributed by atoms with Crippen LogP contribution in [-0.4, -0.2) is 23.9 Å². The SMILES string of the molecule is C=C(CCCCCC(=O)N1CCC2CCCCC2C1)CCc1ccccc1. The summed E-state index contributed by atoms with van der Waals surface area (Å²) in [5, 5.41) is 0. The molecule has 0 bridgehead atoms. The lowest BCUT2D eigenvalue weighted by atomic mass is 9.75. The summed E-state index contributed by atoms with van der Waals surface area (Å²) in [5.74, 6) is 2.11. The van der Waals surface area contributed by atoms with E-state index in [2.05, 4.69) is 41.8 Å². The molecule has 0 aromatic heterocycles. The molecule has 27 heavy (non-hydrogen) atoms. The highest BCUT2D eigenvalue weighted by atomic mass is 16.2. The number of carbonyl (C=O) groups is 1. The van der Waals surface area contributed by atoms with Gasteiger partial charge in [-0.15, -0.1) is 0 Å². The smallest absolute Gasteiger partial charge is 0.222 e. The molecule has 0 N–H and O–H groups in total. The number of rotatable bonds is 9. The van der Waals surface area contributed by atoms with E-state index < -0.39 is 0 Å². The van der Waals surface area contributed by atoms with Gasteiger partial charge in [0.1, 0.15) is 0 Å². The number of benzene rings is 1. The van der Waals surface area contributed by atoms with Gasteiger partial charge in [-0.05, 0) is 62.3 Å². The van der Waals surface area contributed by atoms with E-state index >= 15 is 0 Å². The summed E-state index contributed by atoms with van der Waals surface area (Å²) < 4.78 is 0. The third-order valence-corrected chi connectivity index (χ3v) is 6.67. The summed E-state index contributed by atoms with van der Waals surface area (Å²) in [4.78, 5) is 14.7. The predicted octanol–water partition coefficient (Wildman–Crippen LogP) is 6.16. The largest absolute Gasteiger partial charge is 0.342 e. The van der Waals surface area contributed by atoms with E-state index in [1.165, 1.54) is 49.7 Å². The number of carbonyl (C=O) groups excluding carboxylic acids is 1. The van der Waals surface area contributed by atoms with Gasteiger partial charge in [0.25, 0.3) is 0 Å². The van der Waals surface area contributed by atoms with E-state index in [0.717, 1.165) is 63.5 Å². The highest BCUT2D eigenvalue weighted by Crippen LogP contribution is 2.36. The predicted molar refractivity (Wildman–Crippen MR) is 114 cm³/mol. The third-order valence-electron chi connectivity index (χ3n) is 6.67. The van der Waals surface area contributed by atoms with Crippen molar-refractivity contribution in [3.63, 3.8) is 0 Å². The highest BCUT2D eigenvalue weighted by molar-refractivity contribution is 5.76. The summed E-state index contributed by atoms with van der Waals surface area (Å²) in [6, 6.07) is 10.7. The minimum Gasteiger partial charge on any atom is -0.342 e. The lowest BCUT2D eigenvalue weighted by molar-refractivity contribution is -0.134. The van der Waals surface area contributed by atoms with Crippen molar-refractivity contribution >= 4 is 5.91 Å². The number of unbranched alkanes of at least 4 members (excludes halogenated alkanes) is 2. The number of aryl methyl sites for hydroxylation is 1. The van der Waals surface area contributed by atoms with E-state index in [4.69, 9.17) is 0 Å². The summed E-state index contributed by atoms with van der Waals surface area (Å²) >= 11 is 0. The zero-order valence-corrected chi connectivity index (χ0v) is 17.0. The Morgan fingerprint density at radius 3 is 2.48 bits per heavy atom. The lowest BCUT2D eigenvalue weighted by Gasteiger charge is -2.41. The molecule has 1 aliphatic heterocycles. The number of likely N-dealkylation sites (tertiary alicyclic amines) is 1. The van der Waals surface area contributed by atoms with Crippen LogP contribution in [0.3, 0.4) is 0 Å². The van der Waals surface area contributed by atoms with Crippen molar-refractivity contribution in [1.29, 1.82) is 0 Å². The van der Waals surface area contributed by atoms with Crippen LogP contribution in [0.25, 0.3) is 0 Å². The zero-order chi connectivity index (χ0) is 18.9. The maximum Gasteiger partial charge on any atom is 0.222 e. The number of hydrogen-bond acceptors (Lipinski definition) is 1. The van der Waals surface area contributed by atoms with E-state index in [9.17, 15) is 4.79 Å². The first-order valence-corrected chi connectivity index (χ1v) is 11.2. The Balaban J connectivity index is 1.24. The Hall–Kier alpha value is -1.57. The van der Waals surface area contributed by atoms with Crippen LogP contribution in [0.15, 0.2) is 42.5 Å². The molecule has 2 unspecified atom stereocenters. The number of hydrogen-bond donors (Lipinski definition) is 0. The Morgan fingerprint density at radius 2 is 1.67 bits per heavy atom. The number of piperidine rings is 1. The fraction of sp³-hybridized carbons (Fsp3) is 0.640. The molecule has 3 rings (SSSR count). The zero-order valence-electron chi connectivity index (χ0n) is 17.0. The summed E-state index contributed by atoms with van der Waals surface area (Å²) in [7, 11) is 0. The Bertz CT molecular complexity index is 594. The van der Waals surface area contributed by atoms with Crippen LogP contribution < -0.4 is 0 Å². The minimum absolute atomic E-state index is 0.405. The Labute approximate surface area is 166 Å². The molecule has 1 saturated heterocycles. The van der Waals surface area contributed by atoms with Crippen molar-refractivity contribution < 1.29 is 4.79 Å². The number of amides is 1. The normalized spacial score (nSPS) is 22.3. The molecule has 2 atom stereocenters. The molecule has 2 aliphatic rings. The maximum absolute atomic E-state index is 12.5. The molecule has 0 spiro atoms. The first-order chi connectivity index (χ1) is 13.2. The average Bonchev–Trinajstić information content (AvgIpc) is 2.72. The Morgan fingerprint density at radius 1 is 0.926 bits per heavy atom. The molecule has 2 heteroatoms. The van der Waals surface area contributed by atoms with Crippen LogP contribution in [-0.2, 0) is 11.2 Å². The quantitative estimate of drug-likeness (QED) is 0.378. The molecule has 1 aromatic rings. The first kappa shape index (κ1) is 20.2. The fourth-order valence-corrected chi connectivity index (χ4v) is 4.90. The topological polar surface area (TPSA) is 20.3 Å². The first-order valence-electron chi connectivity index (χ1n) is 11.2. The molecular formula is C25H37NO. The van der Waals surface area contributed by atoms with Crippen LogP contribution in [0.2, 0.25) is 0 Å². The fourth-order valence-electron chi connectivity index (χ4n) is 4.90. The minimum atomic E-state index is 0.405. The van der Waals surface area contributed by atoms with Crippen molar-refractivity contribution in [3.8, 4) is 0 Å². The molecule has 1 amide bonds. The van der Waals surface area contributed by atoms with E-state index in [-0.39, 0.29) is 0 Å². The van der Waals surface area contributed by atoms with Gasteiger partial charge in [0, 0.05) is 19.5 Å². The maximum atomic E-state index is 12.5. The van der Waals surface area contributed by atoms with Crippen LogP contribution in [0.5, 0.6) is 0 Å². The summed E-state index contributed by atoms with van der Waals surface area (Å²) in [5.41, 5.74) is 2.75. The molecule has 2 fully saturated rings. The number of allylic oxidation sites excluding steroid dienone is 1. The van der Waals surface area contributed by atoms with Gasteiger partial charge in [-0.25, -0.2) is 0 Å². The molecule has 0 radical (unpaired) electrons. The van der Waals surface area contributed by atoms with E-state index in [1.807, 2.05) is 0 Å². The van der Waals surface area contributed by atoms with Crippen LogP contribution in [0.1, 0.15) is 76.2 Å². The van der Waals surface area contributed by atoms with E-state index in [0.29, 0.717) is 5.91 Å². The van der Waals surface area contributed by atoms with Crippen LogP contribution in [0, 0.1) is 11.8 Å². The second kappa shape index (κ2) is 10.7. The van der Waals surface area contributed by atoms with E-state index in [1.54, 1.807) is 0 Å². The standard InChI is InChI=1S/C25H37NO/c1-21(16-17-22-11-5-3-6-12-22)10-4-2-7-15-25(27)26-19-18-23-13-8-9-14-24(23)20-26/h3,5-6,11-12,23-24H,1-2,4,7-10,13-20H2. The third kappa shape index (κ3) is 6.52. The summed E-state index contributed by atoms with van der Waals surface area (Å²) in [6.45, 7) is 6.29. The molecule has 148 valence electrons. The molecule has 1 heterocycles. The lowest BCUT2D eigenvalue weighted by Crippen LogP contribution is -2.44. The second-order valence-electron chi connectivity index (χ2n) is 8.73. The van der Waals surface area contributed by atoms with Gasteiger partial charge in [-0.3, -0.25) is 4.79 Å². The highest BCUT2D eigenvalue weighted by Gasteiger charge is 2.32. The van der Waals surface area contributed by atoms with Gasteiger partial charge in [0.15, 0.2) is 0 Å². The molecule has 1 aliphatic carbocycles. The van der Waals surface area contributed by atoms with Crippen LogP contribution >= 0.6 is 0 Å². The van der Waals surface area contributed by atoms with Gasteiger partial charge >= 0.3 is 0 Å². The van der Waals surface area contributed by atoms with Crippen molar-refractivity contribution in [1.82, 2.24) is 4.90 Å². The number of nitrogens with zero attached hydrogens (tertiary/aromatic N) is 1. The molecule has 1 aromatic carbocycles. The molecular weight excluding hydrogens is 330 g/mol. The molecule has 1 saturated carbocycles. The van der Waals surface area contributed by atoms with Crippen molar-refractivity contribution in [2.75, 3.05) is 13.1 Å².